The molecule has 0 saturated carbocycles. The number of rotatable bonds is 3. The molecule has 7 nitrogen and oxygen atoms in total. The number of carbonyl (C=O) groups is 1. The number of hydrogen-bond acceptors (Lipinski definition) is 4. The van der Waals surface area contributed by atoms with Crippen LogP contribution in [0.5, 0.6) is 0 Å². The summed E-state index contributed by atoms with van der Waals surface area (Å²) in [6.45, 7) is 3.61. The van der Waals surface area contributed by atoms with E-state index in [4.69, 9.17) is 0 Å². The van der Waals surface area contributed by atoms with E-state index in [-0.39, 0.29) is 11.3 Å². The van der Waals surface area contributed by atoms with Crippen LogP contribution in [-0.4, -0.2) is 20.6 Å². The zero-order valence-electron chi connectivity index (χ0n) is 11.7. The number of nitro groups is 1. The molecule has 110 valence electrons. The Kier molecular flexibility index (Phi) is 4.08. The highest BCUT2D eigenvalue weighted by molar-refractivity contribution is 9.10. The Balaban J connectivity index is 2.36. The van der Waals surface area contributed by atoms with Gasteiger partial charge in [0.1, 0.15) is 0 Å². The molecule has 1 amide bonds. The van der Waals surface area contributed by atoms with Crippen LogP contribution >= 0.6 is 15.9 Å². The monoisotopic (exact) mass is 352 g/mol. The van der Waals surface area contributed by atoms with Crippen LogP contribution in [0.15, 0.2) is 22.7 Å². The fraction of sp³-hybridized carbons (Fsp3) is 0.231. The van der Waals surface area contributed by atoms with Crippen molar-refractivity contribution in [2.45, 2.75) is 13.8 Å². The number of anilines is 1. The van der Waals surface area contributed by atoms with Crippen molar-refractivity contribution in [3.05, 3.63) is 49.7 Å². The molecule has 0 unspecified atom stereocenters. The largest absolute Gasteiger partial charge is 0.319 e. The SMILES string of the molecule is Cc1nn(C)c(C)c1NC(=O)c1cc([N+](=O)[O-])ccc1Br. The first-order chi connectivity index (χ1) is 9.81. The molecule has 1 N–H and O–H groups in total. The Morgan fingerprint density at radius 2 is 2.10 bits per heavy atom. The highest BCUT2D eigenvalue weighted by atomic mass is 79.9. The van der Waals surface area contributed by atoms with Gasteiger partial charge in [0.15, 0.2) is 0 Å². The Bertz CT molecular complexity index is 739. The summed E-state index contributed by atoms with van der Waals surface area (Å²) in [4.78, 5) is 22.6. The third-order valence-electron chi connectivity index (χ3n) is 3.15. The minimum absolute atomic E-state index is 0.136. The normalized spacial score (nSPS) is 10.5. The van der Waals surface area contributed by atoms with Crippen LogP contribution in [0.3, 0.4) is 0 Å². The summed E-state index contributed by atoms with van der Waals surface area (Å²) in [5, 5.41) is 17.8. The molecule has 21 heavy (non-hydrogen) atoms. The van der Waals surface area contributed by atoms with Crippen molar-refractivity contribution in [2.24, 2.45) is 7.05 Å². The van der Waals surface area contributed by atoms with Gasteiger partial charge in [0.2, 0.25) is 0 Å². The van der Waals surface area contributed by atoms with Crippen molar-refractivity contribution >= 4 is 33.2 Å². The second kappa shape index (κ2) is 5.65. The number of aryl methyl sites for hydroxylation is 2. The van der Waals surface area contributed by atoms with Crippen molar-refractivity contribution in [3.8, 4) is 0 Å². The molecule has 1 aromatic carbocycles. The van der Waals surface area contributed by atoms with E-state index in [0.29, 0.717) is 15.9 Å². The smallest absolute Gasteiger partial charge is 0.270 e. The number of aromatic nitrogens is 2. The maximum atomic E-state index is 12.3. The van der Waals surface area contributed by atoms with Crippen LogP contribution in [0, 0.1) is 24.0 Å². The molecule has 0 aliphatic heterocycles. The highest BCUT2D eigenvalue weighted by Gasteiger charge is 2.18. The third-order valence-corrected chi connectivity index (χ3v) is 3.84. The maximum absolute atomic E-state index is 12.3. The van der Waals surface area contributed by atoms with Gasteiger partial charge in [0, 0.05) is 23.7 Å². The molecular weight excluding hydrogens is 340 g/mol. The summed E-state index contributed by atoms with van der Waals surface area (Å²) in [7, 11) is 1.78. The van der Waals surface area contributed by atoms with E-state index in [1.165, 1.54) is 18.2 Å². The van der Waals surface area contributed by atoms with Crippen molar-refractivity contribution in [1.82, 2.24) is 9.78 Å². The van der Waals surface area contributed by atoms with Crippen molar-refractivity contribution in [1.29, 1.82) is 0 Å². The molecule has 0 bridgehead atoms. The van der Waals surface area contributed by atoms with Gasteiger partial charge in [-0.2, -0.15) is 5.10 Å². The number of benzene rings is 1. The van der Waals surface area contributed by atoms with Gasteiger partial charge >= 0.3 is 0 Å². The minimum Gasteiger partial charge on any atom is -0.319 e. The van der Waals surface area contributed by atoms with Gasteiger partial charge < -0.3 is 5.32 Å². The average Bonchev–Trinajstić information content (AvgIpc) is 2.65. The van der Waals surface area contributed by atoms with Crippen LogP contribution in [0.2, 0.25) is 0 Å². The Morgan fingerprint density at radius 3 is 2.62 bits per heavy atom. The predicted molar refractivity (Wildman–Crippen MR) is 81.4 cm³/mol. The van der Waals surface area contributed by atoms with Crippen LogP contribution in [-0.2, 0) is 7.05 Å². The lowest BCUT2D eigenvalue weighted by Crippen LogP contribution is -2.14. The van der Waals surface area contributed by atoms with Gasteiger partial charge in [-0.1, -0.05) is 0 Å². The molecule has 1 aromatic heterocycles. The fourth-order valence-electron chi connectivity index (χ4n) is 1.94. The van der Waals surface area contributed by atoms with E-state index in [2.05, 4.69) is 26.3 Å². The molecule has 0 aliphatic carbocycles. The Morgan fingerprint density at radius 1 is 1.43 bits per heavy atom. The lowest BCUT2D eigenvalue weighted by Gasteiger charge is -2.07. The molecule has 0 aliphatic rings. The molecule has 0 atom stereocenters. The van der Waals surface area contributed by atoms with Crippen molar-refractivity contribution in [2.75, 3.05) is 5.32 Å². The van der Waals surface area contributed by atoms with E-state index in [9.17, 15) is 14.9 Å². The van der Waals surface area contributed by atoms with Gasteiger partial charge in [-0.25, -0.2) is 0 Å². The van der Waals surface area contributed by atoms with Crippen LogP contribution in [0.4, 0.5) is 11.4 Å². The summed E-state index contributed by atoms with van der Waals surface area (Å²) in [5.41, 5.74) is 2.17. The molecule has 0 radical (unpaired) electrons. The fourth-order valence-corrected chi connectivity index (χ4v) is 2.36. The van der Waals surface area contributed by atoms with Crippen LogP contribution in [0.25, 0.3) is 0 Å². The van der Waals surface area contributed by atoms with Gasteiger partial charge in [-0.05, 0) is 35.8 Å². The number of halogens is 1. The number of hydrogen-bond donors (Lipinski definition) is 1. The van der Waals surface area contributed by atoms with E-state index < -0.39 is 10.8 Å². The third kappa shape index (κ3) is 2.94. The molecular formula is C13H13BrN4O3. The summed E-state index contributed by atoms with van der Waals surface area (Å²) >= 11 is 3.23. The van der Waals surface area contributed by atoms with Crippen molar-refractivity contribution < 1.29 is 9.72 Å². The first-order valence-electron chi connectivity index (χ1n) is 6.06. The summed E-state index contributed by atoms with van der Waals surface area (Å²) in [6, 6.07) is 4.05. The van der Waals surface area contributed by atoms with Crippen LogP contribution < -0.4 is 5.32 Å². The predicted octanol–water partition coefficient (Wildman–Crippen LogP) is 2.96. The standard InChI is InChI=1S/C13H13BrN4O3/c1-7-12(8(2)17(3)16-7)15-13(19)10-6-9(18(20)21)4-5-11(10)14/h4-6H,1-3H3,(H,15,19). The number of non-ortho nitro benzene ring substituents is 1. The van der Waals surface area contributed by atoms with E-state index in [0.717, 1.165) is 5.69 Å². The number of nitro benzene ring substituents is 1. The quantitative estimate of drug-likeness (QED) is 0.679. The molecule has 2 aromatic rings. The highest BCUT2D eigenvalue weighted by Crippen LogP contribution is 2.25. The molecule has 8 heteroatoms. The zero-order valence-corrected chi connectivity index (χ0v) is 13.3. The Hall–Kier alpha value is -2.22. The lowest BCUT2D eigenvalue weighted by atomic mass is 10.2. The molecule has 0 fully saturated rings. The number of nitrogens with one attached hydrogen (secondary N) is 1. The zero-order chi connectivity index (χ0) is 15.7. The second-order valence-corrected chi connectivity index (χ2v) is 5.40. The second-order valence-electron chi connectivity index (χ2n) is 4.54. The summed E-state index contributed by atoms with van der Waals surface area (Å²) in [6.07, 6.45) is 0. The van der Waals surface area contributed by atoms with Gasteiger partial charge in [-0.3, -0.25) is 19.6 Å². The van der Waals surface area contributed by atoms with Gasteiger partial charge in [0.25, 0.3) is 11.6 Å². The summed E-state index contributed by atoms with van der Waals surface area (Å²) < 4.78 is 2.15. The first-order valence-corrected chi connectivity index (χ1v) is 6.86. The lowest BCUT2D eigenvalue weighted by molar-refractivity contribution is -0.384. The summed E-state index contributed by atoms with van der Waals surface area (Å²) in [5.74, 6) is -0.426. The van der Waals surface area contributed by atoms with E-state index in [1.54, 1.807) is 18.7 Å². The molecule has 2 rings (SSSR count). The van der Waals surface area contributed by atoms with E-state index >= 15 is 0 Å². The molecule has 0 saturated heterocycles. The van der Waals surface area contributed by atoms with Crippen LogP contribution in [0.1, 0.15) is 21.7 Å². The van der Waals surface area contributed by atoms with Gasteiger partial charge in [0.05, 0.1) is 27.6 Å². The molecule has 1 heterocycles. The first kappa shape index (κ1) is 15.2. The minimum atomic E-state index is -0.538. The number of nitrogens with zero attached hydrogens (tertiary/aromatic N) is 3. The number of amides is 1. The van der Waals surface area contributed by atoms with E-state index in [1.807, 2.05) is 6.92 Å². The van der Waals surface area contributed by atoms with Crippen molar-refractivity contribution in [3.63, 3.8) is 0 Å². The number of carbonyl (C=O) groups excluding carboxylic acids is 1. The average molecular weight is 353 g/mol. The van der Waals surface area contributed by atoms with Gasteiger partial charge in [-0.15, -0.1) is 0 Å². The maximum Gasteiger partial charge on any atom is 0.270 e. The topological polar surface area (TPSA) is 90.1 Å². The Labute approximate surface area is 129 Å². The molecule has 0 spiro atoms.